The summed E-state index contributed by atoms with van der Waals surface area (Å²) < 4.78 is 0. The first-order chi connectivity index (χ1) is 11.1. The van der Waals surface area contributed by atoms with Crippen LogP contribution in [0.1, 0.15) is 36.8 Å². The molecule has 2 amide bonds. The van der Waals surface area contributed by atoms with Crippen molar-refractivity contribution < 1.29 is 14.7 Å². The Morgan fingerprint density at radius 3 is 2.83 bits per heavy atom. The van der Waals surface area contributed by atoms with Crippen molar-refractivity contribution in [2.45, 2.75) is 45.1 Å². The molecule has 1 aliphatic carbocycles. The molecule has 3 rings (SSSR count). The molecule has 1 aromatic carbocycles. The van der Waals surface area contributed by atoms with Gasteiger partial charge in [-0.25, -0.2) is 0 Å². The highest BCUT2D eigenvalue weighted by atomic mass is 16.3. The third-order valence-electron chi connectivity index (χ3n) is 5.12. The molecule has 0 bridgehead atoms. The minimum absolute atomic E-state index is 0.157. The zero-order valence-corrected chi connectivity index (χ0v) is 13.5. The molecule has 1 fully saturated rings. The Morgan fingerprint density at radius 2 is 2.09 bits per heavy atom. The van der Waals surface area contributed by atoms with Crippen LogP contribution < -0.4 is 10.2 Å². The van der Waals surface area contributed by atoms with Crippen LogP contribution in [0.25, 0.3) is 0 Å². The molecule has 0 radical (unpaired) electrons. The predicted molar refractivity (Wildman–Crippen MR) is 88.2 cm³/mol. The van der Waals surface area contributed by atoms with Gasteiger partial charge in [0.25, 0.3) is 0 Å². The fourth-order valence-electron chi connectivity index (χ4n) is 3.72. The van der Waals surface area contributed by atoms with Crippen LogP contribution in [-0.2, 0) is 16.0 Å². The zero-order valence-electron chi connectivity index (χ0n) is 13.5. The van der Waals surface area contributed by atoms with E-state index in [-0.39, 0.29) is 12.5 Å². The van der Waals surface area contributed by atoms with Crippen molar-refractivity contribution in [1.82, 2.24) is 5.32 Å². The molecule has 23 heavy (non-hydrogen) atoms. The van der Waals surface area contributed by atoms with Gasteiger partial charge in [-0.15, -0.1) is 0 Å². The zero-order chi connectivity index (χ0) is 16.4. The average Bonchev–Trinajstić information content (AvgIpc) is 3.21. The number of aryl methyl sites for hydroxylation is 1. The van der Waals surface area contributed by atoms with Crippen molar-refractivity contribution in [2.24, 2.45) is 5.92 Å². The number of aliphatic hydroxyl groups is 1. The largest absolute Gasteiger partial charge is 0.391 e. The summed E-state index contributed by atoms with van der Waals surface area (Å²) in [4.78, 5) is 26.1. The second kappa shape index (κ2) is 6.71. The van der Waals surface area contributed by atoms with Crippen LogP contribution in [0, 0.1) is 12.8 Å². The Morgan fingerprint density at radius 1 is 1.35 bits per heavy atom. The molecule has 1 saturated carbocycles. The van der Waals surface area contributed by atoms with Crippen molar-refractivity contribution in [3.05, 3.63) is 29.3 Å². The Labute approximate surface area is 136 Å². The number of amides is 2. The molecule has 2 N–H and O–H groups in total. The minimum Gasteiger partial charge on any atom is -0.391 e. The number of fused-ring (bicyclic) bond motifs is 1. The van der Waals surface area contributed by atoms with E-state index >= 15 is 0 Å². The summed E-state index contributed by atoms with van der Waals surface area (Å²) in [5, 5.41) is 12.7. The molecule has 5 heteroatoms. The van der Waals surface area contributed by atoms with Gasteiger partial charge in [0.15, 0.2) is 0 Å². The van der Waals surface area contributed by atoms with Crippen LogP contribution in [0.15, 0.2) is 18.2 Å². The fraction of sp³-hybridized carbons (Fsp3) is 0.556. The number of benzene rings is 1. The van der Waals surface area contributed by atoms with Crippen molar-refractivity contribution in [3.63, 3.8) is 0 Å². The van der Waals surface area contributed by atoms with Crippen LogP contribution in [-0.4, -0.2) is 36.1 Å². The molecule has 1 unspecified atom stereocenters. The van der Waals surface area contributed by atoms with Gasteiger partial charge < -0.3 is 15.3 Å². The van der Waals surface area contributed by atoms with Gasteiger partial charge in [-0.05, 0) is 49.3 Å². The summed E-state index contributed by atoms with van der Waals surface area (Å²) in [6.45, 7) is 2.71. The second-order valence-corrected chi connectivity index (χ2v) is 6.60. The Hall–Kier alpha value is -1.88. The van der Waals surface area contributed by atoms with E-state index in [1.54, 1.807) is 4.90 Å². The van der Waals surface area contributed by atoms with Crippen LogP contribution in [0.4, 0.5) is 5.69 Å². The second-order valence-electron chi connectivity index (χ2n) is 6.60. The number of nitrogens with zero attached hydrogens (tertiary/aromatic N) is 1. The third kappa shape index (κ3) is 3.24. The summed E-state index contributed by atoms with van der Waals surface area (Å²) >= 11 is 0. The predicted octanol–water partition coefficient (Wildman–Crippen LogP) is 1.55. The summed E-state index contributed by atoms with van der Waals surface area (Å²) in [5.74, 6) is -0.912. The molecule has 5 nitrogen and oxygen atoms in total. The Kier molecular flexibility index (Phi) is 4.66. The summed E-state index contributed by atoms with van der Waals surface area (Å²) in [7, 11) is 0. The molecule has 0 spiro atoms. The van der Waals surface area contributed by atoms with Gasteiger partial charge in [0, 0.05) is 18.8 Å². The average molecular weight is 316 g/mol. The molecule has 0 saturated heterocycles. The van der Waals surface area contributed by atoms with Gasteiger partial charge in [0.05, 0.1) is 6.10 Å². The molecular weight excluding hydrogens is 292 g/mol. The van der Waals surface area contributed by atoms with Crippen molar-refractivity contribution >= 4 is 17.5 Å². The van der Waals surface area contributed by atoms with Crippen LogP contribution >= 0.6 is 0 Å². The van der Waals surface area contributed by atoms with Crippen LogP contribution in [0.5, 0.6) is 0 Å². The Bertz CT molecular complexity index is 608. The van der Waals surface area contributed by atoms with Gasteiger partial charge in [-0.2, -0.15) is 0 Å². The monoisotopic (exact) mass is 316 g/mol. The van der Waals surface area contributed by atoms with Crippen molar-refractivity contribution in [2.75, 3.05) is 18.0 Å². The Balaban J connectivity index is 1.58. The lowest BCUT2D eigenvalue weighted by molar-refractivity contribution is -0.137. The van der Waals surface area contributed by atoms with Crippen LogP contribution in [0.2, 0.25) is 0 Å². The van der Waals surface area contributed by atoms with E-state index < -0.39 is 17.9 Å². The summed E-state index contributed by atoms with van der Waals surface area (Å²) in [6.07, 6.45) is 4.51. The molecular formula is C18H24N2O3. The molecule has 2 aliphatic rings. The number of rotatable bonds is 3. The molecule has 1 atom stereocenters. The minimum atomic E-state index is -0.628. The highest BCUT2D eigenvalue weighted by molar-refractivity contribution is 6.40. The van der Waals surface area contributed by atoms with Gasteiger partial charge in [0.1, 0.15) is 0 Å². The number of hydrogen-bond acceptors (Lipinski definition) is 3. The molecule has 124 valence electrons. The lowest BCUT2D eigenvalue weighted by atomic mass is 10.0. The number of aliphatic hydroxyl groups excluding tert-OH is 1. The maximum absolute atomic E-state index is 12.4. The highest BCUT2D eigenvalue weighted by Gasteiger charge is 2.30. The summed E-state index contributed by atoms with van der Waals surface area (Å²) in [5.41, 5.74) is 3.12. The lowest BCUT2D eigenvalue weighted by Crippen LogP contribution is -2.45. The standard InChI is InChI=1S/C18H24N2O3/c1-12-5-4-8-15-14(12)9-10-20(15)18(23)17(22)19-11-16(21)13-6-2-3-7-13/h4-5,8,13,16,21H,2-3,6-7,9-11H2,1H3,(H,19,22). The quantitative estimate of drug-likeness (QED) is 0.831. The van der Waals surface area contributed by atoms with E-state index in [4.69, 9.17) is 0 Å². The van der Waals surface area contributed by atoms with E-state index in [1.807, 2.05) is 25.1 Å². The molecule has 1 aliphatic heterocycles. The van der Waals surface area contributed by atoms with Gasteiger partial charge in [0.2, 0.25) is 0 Å². The topological polar surface area (TPSA) is 69.6 Å². The van der Waals surface area contributed by atoms with Crippen molar-refractivity contribution in [1.29, 1.82) is 0 Å². The van der Waals surface area contributed by atoms with Gasteiger partial charge in [-0.3, -0.25) is 9.59 Å². The first-order valence-corrected chi connectivity index (χ1v) is 8.44. The van der Waals surface area contributed by atoms with E-state index in [0.717, 1.165) is 48.9 Å². The van der Waals surface area contributed by atoms with E-state index in [9.17, 15) is 14.7 Å². The number of nitrogens with one attached hydrogen (secondary N) is 1. The maximum atomic E-state index is 12.4. The fourth-order valence-corrected chi connectivity index (χ4v) is 3.72. The van der Waals surface area contributed by atoms with E-state index in [2.05, 4.69) is 5.32 Å². The molecule has 1 heterocycles. The highest BCUT2D eigenvalue weighted by Crippen LogP contribution is 2.30. The smallest absolute Gasteiger partial charge is 0.316 e. The normalized spacial score (nSPS) is 18.8. The summed E-state index contributed by atoms with van der Waals surface area (Å²) in [6, 6.07) is 5.81. The number of carbonyl (C=O) groups is 2. The maximum Gasteiger partial charge on any atom is 0.316 e. The van der Waals surface area contributed by atoms with Crippen molar-refractivity contribution in [3.8, 4) is 0 Å². The molecule has 1 aromatic rings. The first-order valence-electron chi connectivity index (χ1n) is 8.44. The number of hydrogen-bond donors (Lipinski definition) is 2. The first kappa shape index (κ1) is 16.0. The van der Waals surface area contributed by atoms with Crippen LogP contribution in [0.3, 0.4) is 0 Å². The van der Waals surface area contributed by atoms with Gasteiger partial charge in [-0.1, -0.05) is 25.0 Å². The van der Waals surface area contributed by atoms with E-state index in [0.29, 0.717) is 6.54 Å². The SMILES string of the molecule is Cc1cccc2c1CCN2C(=O)C(=O)NCC(O)C1CCCC1. The number of carbonyl (C=O) groups excluding carboxylic acids is 2. The number of anilines is 1. The molecule has 0 aromatic heterocycles. The van der Waals surface area contributed by atoms with Gasteiger partial charge >= 0.3 is 11.8 Å². The van der Waals surface area contributed by atoms with E-state index in [1.165, 1.54) is 0 Å². The lowest BCUT2D eigenvalue weighted by Gasteiger charge is -2.20. The third-order valence-corrected chi connectivity index (χ3v) is 5.12.